The Kier molecular flexibility index (Phi) is 4.16. The fourth-order valence-corrected chi connectivity index (χ4v) is 1.85. The Hall–Kier alpha value is -2.50. The van der Waals surface area contributed by atoms with Gasteiger partial charge in [0.25, 0.3) is 5.91 Å². The SMILES string of the molecule is Cc1cc(N(C)C)ccc1NC(=O)c1ccnc(F)c1F. The molecule has 0 aliphatic rings. The number of carbonyl (C=O) groups excluding carboxylic acids is 1. The largest absolute Gasteiger partial charge is 0.378 e. The van der Waals surface area contributed by atoms with Gasteiger partial charge < -0.3 is 10.2 Å². The van der Waals surface area contributed by atoms with Gasteiger partial charge in [0.2, 0.25) is 5.95 Å². The lowest BCUT2D eigenvalue weighted by molar-refractivity contribution is 0.102. The lowest BCUT2D eigenvalue weighted by Gasteiger charge is -2.15. The van der Waals surface area contributed by atoms with Gasteiger partial charge in [-0.25, -0.2) is 9.37 Å². The van der Waals surface area contributed by atoms with Crippen LogP contribution in [0.15, 0.2) is 30.5 Å². The third-order valence-electron chi connectivity index (χ3n) is 3.07. The number of pyridine rings is 1. The normalized spacial score (nSPS) is 10.3. The van der Waals surface area contributed by atoms with Crippen LogP contribution in [0.3, 0.4) is 0 Å². The number of benzene rings is 1. The molecule has 6 heteroatoms. The molecule has 1 amide bonds. The number of carbonyl (C=O) groups is 1. The summed E-state index contributed by atoms with van der Waals surface area (Å²) in [5.41, 5.74) is 1.97. The van der Waals surface area contributed by atoms with Gasteiger partial charge in [0.05, 0.1) is 5.56 Å². The van der Waals surface area contributed by atoms with Gasteiger partial charge in [-0.15, -0.1) is 0 Å². The molecule has 0 radical (unpaired) electrons. The van der Waals surface area contributed by atoms with Crippen molar-refractivity contribution in [1.82, 2.24) is 4.98 Å². The van der Waals surface area contributed by atoms with E-state index < -0.39 is 17.7 Å². The molecule has 0 spiro atoms. The van der Waals surface area contributed by atoms with Crippen molar-refractivity contribution in [2.24, 2.45) is 0 Å². The molecule has 1 N–H and O–H groups in total. The molecule has 1 heterocycles. The quantitative estimate of drug-likeness (QED) is 0.884. The molecule has 0 saturated heterocycles. The van der Waals surface area contributed by atoms with E-state index in [1.54, 1.807) is 6.07 Å². The smallest absolute Gasteiger partial charge is 0.258 e. The van der Waals surface area contributed by atoms with Gasteiger partial charge in [-0.05, 0) is 36.8 Å². The Morgan fingerprint density at radius 1 is 1.24 bits per heavy atom. The van der Waals surface area contributed by atoms with Crippen LogP contribution in [0.1, 0.15) is 15.9 Å². The number of rotatable bonds is 3. The maximum atomic E-state index is 13.5. The van der Waals surface area contributed by atoms with E-state index in [1.165, 1.54) is 0 Å². The maximum absolute atomic E-state index is 13.5. The van der Waals surface area contributed by atoms with E-state index in [2.05, 4.69) is 10.3 Å². The number of aryl methyl sites for hydroxylation is 1. The number of hydrogen-bond donors (Lipinski definition) is 1. The monoisotopic (exact) mass is 291 g/mol. The van der Waals surface area contributed by atoms with Crippen LogP contribution >= 0.6 is 0 Å². The van der Waals surface area contributed by atoms with Crippen LogP contribution in [-0.2, 0) is 0 Å². The number of halogens is 2. The first-order valence-electron chi connectivity index (χ1n) is 6.29. The number of nitrogens with one attached hydrogen (secondary N) is 1. The van der Waals surface area contributed by atoms with Crippen LogP contribution in [-0.4, -0.2) is 25.0 Å². The zero-order chi connectivity index (χ0) is 15.6. The summed E-state index contributed by atoms with van der Waals surface area (Å²) in [4.78, 5) is 17.1. The summed E-state index contributed by atoms with van der Waals surface area (Å²) in [6.07, 6.45) is 1.05. The number of nitrogens with zero attached hydrogens (tertiary/aromatic N) is 2. The second-order valence-corrected chi connectivity index (χ2v) is 4.81. The van der Waals surface area contributed by atoms with Gasteiger partial charge in [-0.2, -0.15) is 4.39 Å². The highest BCUT2D eigenvalue weighted by Gasteiger charge is 2.16. The van der Waals surface area contributed by atoms with Crippen molar-refractivity contribution in [3.8, 4) is 0 Å². The lowest BCUT2D eigenvalue weighted by Crippen LogP contribution is -2.16. The molecule has 0 fully saturated rings. The highest BCUT2D eigenvalue weighted by atomic mass is 19.2. The highest BCUT2D eigenvalue weighted by Crippen LogP contribution is 2.22. The molecule has 0 unspecified atom stereocenters. The Bertz CT molecular complexity index is 687. The van der Waals surface area contributed by atoms with E-state index >= 15 is 0 Å². The van der Waals surface area contributed by atoms with Crippen LogP contribution in [0.5, 0.6) is 0 Å². The summed E-state index contributed by atoms with van der Waals surface area (Å²) in [6, 6.07) is 6.57. The van der Waals surface area contributed by atoms with Crippen molar-refractivity contribution in [3.63, 3.8) is 0 Å². The Morgan fingerprint density at radius 3 is 2.57 bits per heavy atom. The molecule has 0 bridgehead atoms. The molecular formula is C15H15F2N3O. The zero-order valence-corrected chi connectivity index (χ0v) is 11.9. The van der Waals surface area contributed by atoms with Gasteiger partial charge in [0.15, 0.2) is 5.82 Å². The summed E-state index contributed by atoms with van der Waals surface area (Å²) in [5.74, 6) is -3.26. The van der Waals surface area contributed by atoms with Crippen molar-refractivity contribution in [2.45, 2.75) is 6.92 Å². The fraction of sp³-hybridized carbons (Fsp3) is 0.200. The van der Waals surface area contributed by atoms with E-state index in [1.807, 2.05) is 38.1 Å². The number of aromatic nitrogens is 1. The third-order valence-corrected chi connectivity index (χ3v) is 3.07. The topological polar surface area (TPSA) is 45.2 Å². The molecule has 2 aromatic rings. The molecule has 110 valence electrons. The molecular weight excluding hydrogens is 276 g/mol. The summed E-state index contributed by atoms with van der Waals surface area (Å²) in [5, 5.41) is 2.57. The minimum absolute atomic E-state index is 0.376. The molecule has 0 atom stereocenters. The number of anilines is 2. The first-order chi connectivity index (χ1) is 9.90. The summed E-state index contributed by atoms with van der Waals surface area (Å²) in [6.45, 7) is 1.83. The molecule has 1 aromatic carbocycles. The average molecular weight is 291 g/mol. The van der Waals surface area contributed by atoms with Crippen LogP contribution in [0.2, 0.25) is 0 Å². The van der Waals surface area contributed by atoms with Crippen LogP contribution in [0, 0.1) is 18.7 Å². The summed E-state index contributed by atoms with van der Waals surface area (Å²) in [7, 11) is 3.81. The minimum atomic E-state index is -1.29. The first kappa shape index (κ1) is 14.9. The molecule has 2 rings (SSSR count). The van der Waals surface area contributed by atoms with Crippen molar-refractivity contribution < 1.29 is 13.6 Å². The standard InChI is InChI=1S/C15H15F2N3O/c1-9-8-10(20(2)3)4-5-12(9)19-15(21)11-6-7-18-14(17)13(11)16/h4-8H,1-3H3,(H,19,21). The van der Waals surface area contributed by atoms with E-state index in [9.17, 15) is 13.6 Å². The maximum Gasteiger partial charge on any atom is 0.258 e. The van der Waals surface area contributed by atoms with Crippen LogP contribution < -0.4 is 10.2 Å². The van der Waals surface area contributed by atoms with Gasteiger partial charge in [-0.3, -0.25) is 4.79 Å². The number of hydrogen-bond acceptors (Lipinski definition) is 3. The van der Waals surface area contributed by atoms with Crippen molar-refractivity contribution in [3.05, 3.63) is 53.4 Å². The van der Waals surface area contributed by atoms with E-state index in [0.29, 0.717) is 5.69 Å². The van der Waals surface area contributed by atoms with Gasteiger partial charge >= 0.3 is 0 Å². The Morgan fingerprint density at radius 2 is 1.95 bits per heavy atom. The van der Waals surface area contributed by atoms with E-state index in [-0.39, 0.29) is 5.56 Å². The highest BCUT2D eigenvalue weighted by molar-refractivity contribution is 6.04. The fourth-order valence-electron chi connectivity index (χ4n) is 1.85. The first-order valence-corrected chi connectivity index (χ1v) is 6.29. The molecule has 0 aliphatic heterocycles. The zero-order valence-electron chi connectivity index (χ0n) is 11.9. The molecule has 0 saturated carbocycles. The molecule has 21 heavy (non-hydrogen) atoms. The predicted molar refractivity (Wildman–Crippen MR) is 77.6 cm³/mol. The van der Waals surface area contributed by atoms with Gasteiger partial charge in [0.1, 0.15) is 0 Å². The van der Waals surface area contributed by atoms with Gasteiger partial charge in [0, 0.05) is 31.7 Å². The van der Waals surface area contributed by atoms with E-state index in [0.717, 1.165) is 23.5 Å². The van der Waals surface area contributed by atoms with E-state index in [4.69, 9.17) is 0 Å². The molecule has 4 nitrogen and oxygen atoms in total. The molecule has 1 aromatic heterocycles. The van der Waals surface area contributed by atoms with Crippen LogP contribution in [0.25, 0.3) is 0 Å². The Labute approximate surface area is 121 Å². The second kappa shape index (κ2) is 5.87. The Balaban J connectivity index is 2.26. The molecule has 0 aliphatic carbocycles. The third kappa shape index (κ3) is 3.16. The van der Waals surface area contributed by atoms with Crippen molar-refractivity contribution >= 4 is 17.3 Å². The summed E-state index contributed by atoms with van der Waals surface area (Å²) < 4.78 is 26.5. The van der Waals surface area contributed by atoms with Gasteiger partial charge in [-0.1, -0.05) is 0 Å². The van der Waals surface area contributed by atoms with Crippen molar-refractivity contribution in [2.75, 3.05) is 24.3 Å². The average Bonchev–Trinajstić information content (AvgIpc) is 2.43. The number of amides is 1. The second-order valence-electron chi connectivity index (χ2n) is 4.81. The van der Waals surface area contributed by atoms with Crippen LogP contribution in [0.4, 0.5) is 20.2 Å². The minimum Gasteiger partial charge on any atom is -0.378 e. The lowest BCUT2D eigenvalue weighted by atomic mass is 10.1. The predicted octanol–water partition coefficient (Wildman–Crippen LogP) is 2.99. The van der Waals surface area contributed by atoms with Crippen molar-refractivity contribution in [1.29, 1.82) is 0 Å². The summed E-state index contributed by atoms with van der Waals surface area (Å²) >= 11 is 0.